The molecule has 27 heavy (non-hydrogen) atoms. The highest BCUT2D eigenvalue weighted by Crippen LogP contribution is 2.13. The van der Waals surface area contributed by atoms with Crippen molar-refractivity contribution in [2.75, 3.05) is 38.1 Å². The molecule has 1 aromatic carbocycles. The summed E-state index contributed by atoms with van der Waals surface area (Å²) in [6.07, 6.45) is 2.40. The maximum absolute atomic E-state index is 12.9. The van der Waals surface area contributed by atoms with E-state index in [0.717, 1.165) is 42.7 Å². The lowest BCUT2D eigenvalue weighted by Gasteiger charge is -2.32. The van der Waals surface area contributed by atoms with E-state index >= 15 is 0 Å². The third kappa shape index (κ3) is 3.23. The Morgan fingerprint density at radius 2 is 1.78 bits per heavy atom. The molecule has 0 atom stereocenters. The lowest BCUT2D eigenvalue weighted by Crippen LogP contribution is -2.45. The summed E-state index contributed by atoms with van der Waals surface area (Å²) in [6.45, 7) is 5.53. The molecular formula is C19H22N6O2. The summed E-state index contributed by atoms with van der Waals surface area (Å²) in [7, 11) is 2.07. The number of aromatic amines is 1. The molecule has 8 heteroatoms. The van der Waals surface area contributed by atoms with E-state index in [9.17, 15) is 9.59 Å². The van der Waals surface area contributed by atoms with Crippen LogP contribution in [0.4, 0.5) is 5.95 Å². The fourth-order valence-corrected chi connectivity index (χ4v) is 3.27. The number of hydrogen-bond donors (Lipinski definition) is 1. The molecule has 0 radical (unpaired) electrons. The quantitative estimate of drug-likeness (QED) is 0.737. The lowest BCUT2D eigenvalue weighted by atomic mass is 10.1. The Labute approximate surface area is 156 Å². The smallest absolute Gasteiger partial charge is 0.334 e. The number of aryl methyl sites for hydroxylation is 1. The zero-order valence-corrected chi connectivity index (χ0v) is 15.5. The molecule has 0 saturated carbocycles. The zero-order valence-electron chi connectivity index (χ0n) is 15.5. The van der Waals surface area contributed by atoms with Crippen LogP contribution in [0.15, 0.2) is 40.1 Å². The first-order chi connectivity index (χ1) is 13.1. The molecule has 8 nitrogen and oxygen atoms in total. The Morgan fingerprint density at radius 3 is 2.44 bits per heavy atom. The van der Waals surface area contributed by atoms with E-state index in [2.05, 4.69) is 38.7 Å². The minimum absolute atomic E-state index is 0.273. The first kappa shape index (κ1) is 17.4. The van der Waals surface area contributed by atoms with E-state index < -0.39 is 11.2 Å². The van der Waals surface area contributed by atoms with E-state index in [1.165, 1.54) is 6.20 Å². The Morgan fingerprint density at radius 1 is 1.07 bits per heavy atom. The van der Waals surface area contributed by atoms with Crippen LogP contribution in [0.3, 0.4) is 0 Å². The molecule has 1 N–H and O–H groups in total. The number of rotatable bonds is 3. The summed E-state index contributed by atoms with van der Waals surface area (Å²) < 4.78 is 1.13. The third-order valence-electron chi connectivity index (χ3n) is 5.03. The molecule has 1 fully saturated rings. The van der Waals surface area contributed by atoms with Crippen molar-refractivity contribution in [2.45, 2.75) is 13.3 Å². The fourth-order valence-electron chi connectivity index (χ4n) is 3.27. The second kappa shape index (κ2) is 6.96. The summed E-state index contributed by atoms with van der Waals surface area (Å²) in [5.41, 5.74) is 1.03. The molecule has 0 amide bonds. The van der Waals surface area contributed by atoms with Gasteiger partial charge in [0.15, 0.2) is 5.65 Å². The number of aromatic nitrogens is 4. The van der Waals surface area contributed by atoms with E-state index in [1.54, 1.807) is 12.1 Å². The van der Waals surface area contributed by atoms with Gasteiger partial charge in [-0.05, 0) is 31.2 Å². The van der Waals surface area contributed by atoms with Crippen LogP contribution in [0.5, 0.6) is 0 Å². The highest BCUT2D eigenvalue weighted by atomic mass is 16.2. The molecular weight excluding hydrogens is 344 g/mol. The topological polar surface area (TPSA) is 87.1 Å². The molecule has 1 aliphatic heterocycles. The second-order valence-electron chi connectivity index (χ2n) is 6.81. The molecule has 4 rings (SSSR count). The van der Waals surface area contributed by atoms with Crippen LogP contribution >= 0.6 is 0 Å². The summed E-state index contributed by atoms with van der Waals surface area (Å²) in [5, 5.41) is 0.298. The van der Waals surface area contributed by atoms with Gasteiger partial charge in [0, 0.05) is 32.4 Å². The van der Waals surface area contributed by atoms with Crippen LogP contribution in [0.1, 0.15) is 12.5 Å². The monoisotopic (exact) mass is 366 g/mol. The van der Waals surface area contributed by atoms with Gasteiger partial charge in [0.05, 0.1) is 5.69 Å². The average Bonchev–Trinajstić information content (AvgIpc) is 2.68. The SMILES string of the molecule is CCc1ccc(-n2c(=O)[nH]c3nc(N4CCN(C)CC4)ncc3c2=O)cc1. The Kier molecular flexibility index (Phi) is 4.49. The predicted octanol–water partition coefficient (Wildman–Crippen LogP) is 0.783. The number of nitrogens with one attached hydrogen (secondary N) is 1. The van der Waals surface area contributed by atoms with Gasteiger partial charge in [-0.15, -0.1) is 0 Å². The summed E-state index contributed by atoms with van der Waals surface area (Å²) in [5.74, 6) is 0.538. The van der Waals surface area contributed by atoms with Gasteiger partial charge >= 0.3 is 5.69 Å². The number of hydrogen-bond acceptors (Lipinski definition) is 6. The molecule has 2 aromatic heterocycles. The number of nitrogens with zero attached hydrogens (tertiary/aromatic N) is 5. The average molecular weight is 366 g/mol. The molecule has 0 spiro atoms. The van der Waals surface area contributed by atoms with Crippen molar-refractivity contribution in [1.82, 2.24) is 24.4 Å². The van der Waals surface area contributed by atoms with Gasteiger partial charge < -0.3 is 9.80 Å². The van der Waals surface area contributed by atoms with E-state index in [-0.39, 0.29) is 5.65 Å². The van der Waals surface area contributed by atoms with Gasteiger partial charge in [0.25, 0.3) is 5.56 Å². The molecule has 0 unspecified atom stereocenters. The van der Waals surface area contributed by atoms with E-state index in [4.69, 9.17) is 0 Å². The number of fused-ring (bicyclic) bond motifs is 1. The molecule has 3 heterocycles. The highest BCUT2D eigenvalue weighted by molar-refractivity contribution is 5.73. The molecule has 1 saturated heterocycles. The van der Waals surface area contributed by atoms with Gasteiger partial charge in [-0.3, -0.25) is 9.78 Å². The molecule has 140 valence electrons. The van der Waals surface area contributed by atoms with E-state index in [0.29, 0.717) is 17.0 Å². The van der Waals surface area contributed by atoms with Crippen LogP contribution < -0.4 is 16.1 Å². The fraction of sp³-hybridized carbons (Fsp3) is 0.368. The maximum atomic E-state index is 12.9. The zero-order chi connectivity index (χ0) is 19.0. The van der Waals surface area contributed by atoms with Crippen LogP contribution in [-0.2, 0) is 6.42 Å². The highest BCUT2D eigenvalue weighted by Gasteiger charge is 2.18. The summed E-state index contributed by atoms with van der Waals surface area (Å²) >= 11 is 0. The van der Waals surface area contributed by atoms with Crippen molar-refractivity contribution in [3.05, 3.63) is 56.9 Å². The Balaban J connectivity index is 1.77. The van der Waals surface area contributed by atoms with Crippen molar-refractivity contribution in [3.63, 3.8) is 0 Å². The minimum Gasteiger partial charge on any atom is -0.338 e. The largest absolute Gasteiger partial charge is 0.338 e. The van der Waals surface area contributed by atoms with Crippen LogP contribution in [-0.4, -0.2) is 57.6 Å². The van der Waals surface area contributed by atoms with Crippen molar-refractivity contribution in [1.29, 1.82) is 0 Å². The summed E-state index contributed by atoms with van der Waals surface area (Å²) in [6, 6.07) is 7.39. The number of H-pyrrole nitrogens is 1. The van der Waals surface area contributed by atoms with Gasteiger partial charge in [0.1, 0.15) is 5.39 Å². The first-order valence-electron chi connectivity index (χ1n) is 9.11. The number of anilines is 1. The normalized spacial score (nSPS) is 15.4. The van der Waals surface area contributed by atoms with Crippen molar-refractivity contribution in [2.24, 2.45) is 0 Å². The van der Waals surface area contributed by atoms with Crippen LogP contribution in [0, 0.1) is 0 Å². The van der Waals surface area contributed by atoms with Gasteiger partial charge in [-0.25, -0.2) is 14.3 Å². The number of likely N-dealkylation sites (N-methyl/N-ethyl adjacent to an activating group) is 1. The Hall–Kier alpha value is -3.00. The summed E-state index contributed by atoms with van der Waals surface area (Å²) in [4.78, 5) is 41.3. The molecule has 0 bridgehead atoms. The predicted molar refractivity (Wildman–Crippen MR) is 105 cm³/mol. The third-order valence-corrected chi connectivity index (χ3v) is 5.03. The van der Waals surface area contributed by atoms with E-state index in [1.807, 2.05) is 12.1 Å². The first-order valence-corrected chi connectivity index (χ1v) is 9.11. The second-order valence-corrected chi connectivity index (χ2v) is 6.81. The molecule has 3 aromatic rings. The molecule has 1 aliphatic rings. The molecule has 0 aliphatic carbocycles. The minimum atomic E-state index is -0.500. The number of piperazine rings is 1. The van der Waals surface area contributed by atoms with Crippen molar-refractivity contribution in [3.8, 4) is 5.69 Å². The van der Waals surface area contributed by atoms with Gasteiger partial charge in [0.2, 0.25) is 5.95 Å². The number of benzene rings is 1. The van der Waals surface area contributed by atoms with Gasteiger partial charge in [-0.1, -0.05) is 19.1 Å². The standard InChI is InChI=1S/C19H22N6O2/c1-3-13-4-6-14(7-5-13)25-17(26)15-12-20-18(21-16(15)22-19(25)27)24-10-8-23(2)9-11-24/h4-7,12H,3,8-11H2,1-2H3,(H,20,21,22,27). The van der Waals surface area contributed by atoms with Crippen LogP contribution in [0.2, 0.25) is 0 Å². The Bertz CT molecular complexity index is 1080. The lowest BCUT2D eigenvalue weighted by molar-refractivity contribution is 0.311. The van der Waals surface area contributed by atoms with Crippen molar-refractivity contribution < 1.29 is 0 Å². The van der Waals surface area contributed by atoms with Crippen molar-refractivity contribution >= 4 is 17.0 Å². The van der Waals surface area contributed by atoms with Gasteiger partial charge in [-0.2, -0.15) is 4.98 Å². The maximum Gasteiger partial charge on any atom is 0.334 e. The van der Waals surface area contributed by atoms with Crippen LogP contribution in [0.25, 0.3) is 16.7 Å².